The van der Waals surface area contributed by atoms with E-state index in [1.165, 1.54) is 13.8 Å². The molecule has 0 amide bonds. The molecule has 2 unspecified atom stereocenters. The largest absolute Gasteiger partial charge is 0.481 e. The fraction of sp³-hybridized carbons (Fsp3) is 0.600. The molecule has 0 heterocycles. The third-order valence-corrected chi connectivity index (χ3v) is 1.85. The van der Waals surface area contributed by atoms with Gasteiger partial charge in [0, 0.05) is 0 Å². The Balaban J connectivity index is 4.02. The average Bonchev–Trinajstić information content (AvgIpc) is 2.24. The van der Waals surface area contributed by atoms with Crippen molar-refractivity contribution in [2.24, 2.45) is 0 Å². The lowest BCUT2D eigenvalue weighted by Crippen LogP contribution is -2.30. The Labute approximate surface area is 102 Å². The second-order valence-electron chi connectivity index (χ2n) is 3.46. The molecular weight excluding hydrogens is 248 g/mol. The van der Waals surface area contributed by atoms with Crippen LogP contribution in [-0.2, 0) is 28.7 Å². The third kappa shape index (κ3) is 6.59. The van der Waals surface area contributed by atoms with Crippen LogP contribution >= 0.6 is 0 Å². The molecule has 0 aliphatic carbocycles. The molecule has 0 aromatic carbocycles. The van der Waals surface area contributed by atoms with Crippen LogP contribution in [0.15, 0.2) is 0 Å². The summed E-state index contributed by atoms with van der Waals surface area (Å²) < 4.78 is 8.87. The van der Waals surface area contributed by atoms with Gasteiger partial charge in [-0.3, -0.25) is 9.59 Å². The number of ether oxygens (including phenoxy) is 2. The fourth-order valence-electron chi connectivity index (χ4n) is 0.789. The first-order valence-corrected chi connectivity index (χ1v) is 5.00. The molecule has 0 rings (SSSR count). The van der Waals surface area contributed by atoms with Gasteiger partial charge in [0.1, 0.15) is 0 Å². The lowest BCUT2D eigenvalue weighted by atomic mass is 10.2. The monoisotopic (exact) mass is 262 g/mol. The van der Waals surface area contributed by atoms with E-state index in [0.29, 0.717) is 0 Å². The van der Waals surface area contributed by atoms with Crippen LogP contribution in [0.4, 0.5) is 0 Å². The number of aliphatic hydroxyl groups is 1. The van der Waals surface area contributed by atoms with Crippen molar-refractivity contribution >= 4 is 23.7 Å². The first kappa shape index (κ1) is 16.0. The van der Waals surface area contributed by atoms with E-state index in [4.69, 9.17) is 10.2 Å². The van der Waals surface area contributed by atoms with Gasteiger partial charge >= 0.3 is 17.9 Å². The zero-order chi connectivity index (χ0) is 14.3. The highest BCUT2D eigenvalue weighted by Crippen LogP contribution is 1.98. The normalized spacial score (nSPS) is 13.3. The average molecular weight is 262 g/mol. The molecule has 0 saturated carbocycles. The van der Waals surface area contributed by atoms with Crippen molar-refractivity contribution in [3.63, 3.8) is 0 Å². The van der Waals surface area contributed by atoms with E-state index in [0.717, 1.165) is 0 Å². The van der Waals surface area contributed by atoms with Gasteiger partial charge in [-0.15, -0.1) is 0 Å². The third-order valence-electron chi connectivity index (χ3n) is 1.85. The smallest absolute Gasteiger partial charge is 0.344 e. The van der Waals surface area contributed by atoms with E-state index < -0.39 is 43.1 Å². The van der Waals surface area contributed by atoms with Crippen LogP contribution in [0, 0.1) is 0 Å². The molecule has 0 radical (unpaired) electrons. The molecule has 18 heavy (non-hydrogen) atoms. The summed E-state index contributed by atoms with van der Waals surface area (Å²) in [6.07, 6.45) is -3.63. The predicted octanol–water partition coefficient (Wildman–Crippen LogP) is -1.11. The van der Waals surface area contributed by atoms with Crippen molar-refractivity contribution in [3.05, 3.63) is 0 Å². The van der Waals surface area contributed by atoms with Crippen molar-refractivity contribution in [2.45, 2.75) is 32.5 Å². The molecule has 8 heteroatoms. The van der Waals surface area contributed by atoms with Crippen LogP contribution < -0.4 is 0 Å². The van der Waals surface area contributed by atoms with Gasteiger partial charge in [0.25, 0.3) is 0 Å². The summed E-state index contributed by atoms with van der Waals surface area (Å²) in [5.41, 5.74) is 0. The molecule has 102 valence electrons. The van der Waals surface area contributed by atoms with E-state index in [2.05, 4.69) is 9.47 Å². The topological polar surface area (TPSA) is 127 Å². The number of ketones is 1. The first-order chi connectivity index (χ1) is 8.23. The minimum atomic E-state index is -1.85. The Bertz CT molecular complexity index is 348. The fourth-order valence-corrected chi connectivity index (χ4v) is 0.789. The van der Waals surface area contributed by atoms with Crippen molar-refractivity contribution in [1.82, 2.24) is 0 Å². The van der Waals surface area contributed by atoms with Crippen molar-refractivity contribution in [2.75, 3.05) is 6.61 Å². The Hall–Kier alpha value is -1.96. The summed E-state index contributed by atoms with van der Waals surface area (Å²) in [4.78, 5) is 43.0. The molecule has 0 saturated heterocycles. The molecule has 0 spiro atoms. The number of carboxylic acids is 1. The van der Waals surface area contributed by atoms with Crippen molar-refractivity contribution < 1.29 is 38.9 Å². The number of hydrogen-bond donors (Lipinski definition) is 2. The van der Waals surface area contributed by atoms with E-state index in [-0.39, 0.29) is 5.78 Å². The summed E-state index contributed by atoms with van der Waals surface area (Å²) in [5.74, 6) is -3.97. The highest BCUT2D eigenvalue weighted by atomic mass is 16.6. The lowest BCUT2D eigenvalue weighted by molar-refractivity contribution is -0.168. The van der Waals surface area contributed by atoms with E-state index in [1.807, 2.05) is 0 Å². The molecule has 0 aliphatic heterocycles. The molecule has 0 bridgehead atoms. The second kappa shape index (κ2) is 7.38. The summed E-state index contributed by atoms with van der Waals surface area (Å²) in [6.45, 7) is 1.77. The Morgan fingerprint density at radius 3 is 2.22 bits per heavy atom. The van der Waals surface area contributed by atoms with Crippen LogP contribution in [0.2, 0.25) is 0 Å². The van der Waals surface area contributed by atoms with Gasteiger partial charge < -0.3 is 19.7 Å². The number of Topliss-reactive ketones (excluding diaryl/α,β-unsaturated/α-hetero) is 1. The van der Waals surface area contributed by atoms with Gasteiger partial charge in [-0.25, -0.2) is 9.59 Å². The maximum Gasteiger partial charge on any atom is 0.344 e. The van der Waals surface area contributed by atoms with Crippen LogP contribution in [0.1, 0.15) is 20.3 Å². The SMILES string of the molecule is CC(=O)C(C)OC(=O)COC(=O)C(O)CC(=O)O. The molecule has 0 aliphatic rings. The van der Waals surface area contributed by atoms with E-state index in [1.54, 1.807) is 0 Å². The van der Waals surface area contributed by atoms with Crippen LogP contribution in [0.3, 0.4) is 0 Å². The summed E-state index contributed by atoms with van der Waals surface area (Å²) in [7, 11) is 0. The molecule has 2 atom stereocenters. The standard InChI is InChI=1S/C10H14O8/c1-5(11)6(2)18-9(15)4-17-10(16)7(12)3-8(13)14/h6-7,12H,3-4H2,1-2H3,(H,13,14). The lowest BCUT2D eigenvalue weighted by Gasteiger charge is -2.11. The minimum Gasteiger partial charge on any atom is -0.481 e. The summed E-state index contributed by atoms with van der Waals surface area (Å²) >= 11 is 0. The number of rotatable bonds is 7. The Kier molecular flexibility index (Phi) is 6.58. The summed E-state index contributed by atoms with van der Waals surface area (Å²) in [6, 6.07) is 0. The Morgan fingerprint density at radius 2 is 1.78 bits per heavy atom. The van der Waals surface area contributed by atoms with Crippen molar-refractivity contribution in [1.29, 1.82) is 0 Å². The van der Waals surface area contributed by atoms with Crippen LogP contribution in [-0.4, -0.2) is 52.7 Å². The number of aliphatic carboxylic acids is 1. The number of aliphatic hydroxyl groups excluding tert-OH is 1. The predicted molar refractivity (Wildman–Crippen MR) is 55.5 cm³/mol. The number of hydrogen-bond acceptors (Lipinski definition) is 7. The maximum atomic E-state index is 11.1. The number of esters is 2. The number of carbonyl (C=O) groups excluding carboxylic acids is 3. The van der Waals surface area contributed by atoms with Gasteiger partial charge in [-0.05, 0) is 13.8 Å². The molecular formula is C10H14O8. The highest BCUT2D eigenvalue weighted by Gasteiger charge is 2.22. The number of carboxylic acid groups (broad SMARTS) is 1. The van der Waals surface area contributed by atoms with E-state index >= 15 is 0 Å². The first-order valence-electron chi connectivity index (χ1n) is 5.00. The van der Waals surface area contributed by atoms with Gasteiger partial charge in [-0.2, -0.15) is 0 Å². The maximum absolute atomic E-state index is 11.1. The zero-order valence-corrected chi connectivity index (χ0v) is 9.91. The van der Waals surface area contributed by atoms with Gasteiger partial charge in [0.2, 0.25) is 0 Å². The molecule has 2 N–H and O–H groups in total. The van der Waals surface area contributed by atoms with Gasteiger partial charge in [0.05, 0.1) is 6.42 Å². The Morgan fingerprint density at radius 1 is 1.22 bits per heavy atom. The molecule has 0 aromatic heterocycles. The molecule has 0 fully saturated rings. The summed E-state index contributed by atoms with van der Waals surface area (Å²) in [5, 5.41) is 17.3. The van der Waals surface area contributed by atoms with Crippen LogP contribution in [0.5, 0.6) is 0 Å². The van der Waals surface area contributed by atoms with Gasteiger partial charge in [-0.1, -0.05) is 0 Å². The minimum absolute atomic E-state index is 0.374. The van der Waals surface area contributed by atoms with Crippen LogP contribution in [0.25, 0.3) is 0 Å². The van der Waals surface area contributed by atoms with Gasteiger partial charge in [0.15, 0.2) is 24.6 Å². The molecule has 8 nitrogen and oxygen atoms in total. The second-order valence-corrected chi connectivity index (χ2v) is 3.46. The highest BCUT2D eigenvalue weighted by molar-refractivity contribution is 5.85. The van der Waals surface area contributed by atoms with Crippen molar-refractivity contribution in [3.8, 4) is 0 Å². The number of carbonyl (C=O) groups is 4. The van der Waals surface area contributed by atoms with E-state index in [9.17, 15) is 19.2 Å². The zero-order valence-electron chi connectivity index (χ0n) is 9.91. The molecule has 0 aromatic rings. The quantitative estimate of drug-likeness (QED) is 0.552.